The highest BCUT2D eigenvalue weighted by atomic mass is 35.5. The average Bonchev–Trinajstić information content (AvgIpc) is 2.79. The summed E-state index contributed by atoms with van der Waals surface area (Å²) in [5, 5.41) is 0. The maximum atomic E-state index is 12.4. The summed E-state index contributed by atoms with van der Waals surface area (Å²) in [5.74, 6) is 0. The van der Waals surface area contributed by atoms with Crippen LogP contribution in [0.2, 0.25) is 4.34 Å². The van der Waals surface area contributed by atoms with Crippen LogP contribution in [0, 0.1) is 0 Å². The highest BCUT2D eigenvalue weighted by Crippen LogP contribution is 2.48. The largest absolute Gasteiger partial charge is 0.444 e. The first-order chi connectivity index (χ1) is 10.7. The number of fused-ring (bicyclic) bond motifs is 2. The molecule has 3 heterocycles. The van der Waals surface area contributed by atoms with Gasteiger partial charge in [-0.15, -0.1) is 11.3 Å². The number of carbonyl (C=O) groups is 1. The van der Waals surface area contributed by atoms with Gasteiger partial charge in [0.05, 0.1) is 10.9 Å². The van der Waals surface area contributed by atoms with Crippen LogP contribution in [0.3, 0.4) is 0 Å². The number of hydrogen-bond donors (Lipinski definition) is 0. The number of hydrogen-bond acceptors (Lipinski definition) is 4. The summed E-state index contributed by atoms with van der Waals surface area (Å²) in [4.78, 5) is 15.5. The van der Waals surface area contributed by atoms with Gasteiger partial charge in [-0.2, -0.15) is 0 Å². The normalized spacial score (nSPS) is 27.9. The molecule has 0 N–H and O–H groups in total. The van der Waals surface area contributed by atoms with Gasteiger partial charge in [0.2, 0.25) is 0 Å². The molecule has 23 heavy (non-hydrogen) atoms. The second-order valence-corrected chi connectivity index (χ2v) is 9.16. The molecule has 1 saturated heterocycles. The van der Waals surface area contributed by atoms with Crippen molar-refractivity contribution in [3.8, 4) is 0 Å². The minimum Gasteiger partial charge on any atom is -0.444 e. The second-order valence-electron chi connectivity index (χ2n) is 7.47. The fourth-order valence-corrected chi connectivity index (χ4v) is 5.01. The number of ether oxygens (including phenoxy) is 2. The lowest BCUT2D eigenvalue weighted by atomic mass is 9.82. The number of halogens is 1. The smallest absolute Gasteiger partial charge is 0.410 e. The highest BCUT2D eigenvalue weighted by Gasteiger charge is 2.46. The van der Waals surface area contributed by atoms with Crippen LogP contribution in [0.25, 0.3) is 0 Å². The fourth-order valence-electron chi connectivity index (χ4n) is 3.53. The van der Waals surface area contributed by atoms with Gasteiger partial charge in [-0.25, -0.2) is 4.79 Å². The molecule has 1 aromatic rings. The highest BCUT2D eigenvalue weighted by molar-refractivity contribution is 7.16. The lowest BCUT2D eigenvalue weighted by molar-refractivity contribution is -0.108. The predicted molar refractivity (Wildman–Crippen MR) is 92.3 cm³/mol. The molecular formula is C17H24ClNO3S. The van der Waals surface area contributed by atoms with Crippen LogP contribution in [0.15, 0.2) is 6.07 Å². The Morgan fingerprint density at radius 3 is 2.91 bits per heavy atom. The summed E-state index contributed by atoms with van der Waals surface area (Å²) in [6, 6.07) is 2.14. The molecule has 2 aliphatic rings. The van der Waals surface area contributed by atoms with Crippen LogP contribution in [-0.2, 0) is 21.5 Å². The quantitative estimate of drug-likeness (QED) is 0.681. The lowest BCUT2D eigenvalue weighted by Crippen LogP contribution is -2.53. The first-order valence-electron chi connectivity index (χ1n) is 8.12. The van der Waals surface area contributed by atoms with Gasteiger partial charge in [-0.1, -0.05) is 11.6 Å². The molecule has 2 atom stereocenters. The van der Waals surface area contributed by atoms with Gasteiger partial charge < -0.3 is 14.4 Å². The Morgan fingerprint density at radius 1 is 1.52 bits per heavy atom. The van der Waals surface area contributed by atoms with Crippen LogP contribution in [-0.4, -0.2) is 35.8 Å². The number of thiophene rings is 1. The number of amides is 1. The van der Waals surface area contributed by atoms with E-state index >= 15 is 0 Å². The third-order valence-corrected chi connectivity index (χ3v) is 5.98. The first kappa shape index (κ1) is 17.1. The second kappa shape index (κ2) is 5.94. The Hall–Kier alpha value is -0.780. The Kier molecular flexibility index (Phi) is 4.40. The predicted octanol–water partition coefficient (Wildman–Crippen LogP) is 4.59. The number of carbonyl (C=O) groups excluding carboxylic acids is 1. The molecule has 6 heteroatoms. The molecule has 3 rings (SSSR count). The van der Waals surface area contributed by atoms with E-state index in [-0.39, 0.29) is 17.7 Å². The van der Waals surface area contributed by atoms with Crippen molar-refractivity contribution in [1.82, 2.24) is 4.90 Å². The molecule has 0 radical (unpaired) electrons. The standard InChI is InChI=1S/C17H24ClNO3S/c1-11-10-17(6-7-19(11)15(20)22-16(2,3)4)14-12(5-8-21-17)9-13(18)23-14/h9,11H,5-8,10H2,1-4H3/t11-,17?/m0/s1. The van der Waals surface area contributed by atoms with Crippen molar-refractivity contribution in [3.63, 3.8) is 0 Å². The molecule has 1 aromatic heterocycles. The number of nitrogens with zero attached hydrogens (tertiary/aromatic N) is 1. The summed E-state index contributed by atoms with van der Waals surface area (Å²) in [6.45, 7) is 9.11. The third-order valence-electron chi connectivity index (χ3n) is 4.48. The minimum atomic E-state index is -0.471. The van der Waals surface area contributed by atoms with Crippen molar-refractivity contribution >= 4 is 29.0 Å². The van der Waals surface area contributed by atoms with E-state index in [1.54, 1.807) is 11.3 Å². The molecule has 0 bridgehead atoms. The van der Waals surface area contributed by atoms with Crippen LogP contribution >= 0.6 is 22.9 Å². The summed E-state index contributed by atoms with van der Waals surface area (Å²) in [6.07, 6.45) is 2.26. The Bertz CT molecular complexity index is 609. The zero-order valence-electron chi connectivity index (χ0n) is 14.1. The molecule has 128 valence electrons. The van der Waals surface area contributed by atoms with Gasteiger partial charge in [0, 0.05) is 23.9 Å². The van der Waals surface area contributed by atoms with Crippen LogP contribution in [0.4, 0.5) is 4.79 Å². The van der Waals surface area contributed by atoms with Gasteiger partial charge in [-0.3, -0.25) is 0 Å². The number of rotatable bonds is 0. The molecule has 4 nitrogen and oxygen atoms in total. The molecule has 1 spiro atoms. The zero-order valence-corrected chi connectivity index (χ0v) is 15.7. The van der Waals surface area contributed by atoms with Crippen molar-refractivity contribution in [1.29, 1.82) is 0 Å². The molecular weight excluding hydrogens is 334 g/mol. The Morgan fingerprint density at radius 2 is 2.26 bits per heavy atom. The van der Waals surface area contributed by atoms with Gasteiger partial charge in [0.1, 0.15) is 11.2 Å². The molecule has 1 amide bonds. The van der Waals surface area contributed by atoms with Gasteiger partial charge in [0.15, 0.2) is 0 Å². The summed E-state index contributed by atoms with van der Waals surface area (Å²) in [5.41, 5.74) is 0.551. The zero-order chi connectivity index (χ0) is 16.8. The molecule has 0 aliphatic carbocycles. The van der Waals surface area contributed by atoms with E-state index in [4.69, 9.17) is 21.1 Å². The van der Waals surface area contributed by atoms with Gasteiger partial charge >= 0.3 is 6.09 Å². The maximum Gasteiger partial charge on any atom is 0.410 e. The SMILES string of the molecule is C[C@H]1CC2(CCN1C(=O)OC(C)(C)C)OCCc1cc(Cl)sc12. The maximum absolute atomic E-state index is 12.4. The average molecular weight is 358 g/mol. The molecule has 1 fully saturated rings. The van der Waals surface area contributed by atoms with E-state index in [2.05, 4.69) is 13.0 Å². The molecule has 2 aliphatic heterocycles. The summed E-state index contributed by atoms with van der Waals surface area (Å²) < 4.78 is 12.6. The molecule has 0 aromatic carbocycles. The number of piperidine rings is 1. The van der Waals surface area contributed by atoms with Crippen molar-refractivity contribution in [3.05, 3.63) is 20.8 Å². The van der Waals surface area contributed by atoms with Crippen molar-refractivity contribution in [2.75, 3.05) is 13.2 Å². The third kappa shape index (κ3) is 3.37. The topological polar surface area (TPSA) is 38.8 Å². The van der Waals surface area contributed by atoms with Crippen LogP contribution in [0.5, 0.6) is 0 Å². The summed E-state index contributed by atoms with van der Waals surface area (Å²) >= 11 is 7.84. The fraction of sp³-hybridized carbons (Fsp3) is 0.706. The van der Waals surface area contributed by atoms with E-state index in [0.717, 1.165) is 30.2 Å². The Labute approximate surface area is 146 Å². The van der Waals surface area contributed by atoms with Crippen LogP contribution < -0.4 is 0 Å². The summed E-state index contributed by atoms with van der Waals surface area (Å²) in [7, 11) is 0. The monoisotopic (exact) mass is 357 g/mol. The van der Waals surface area contributed by atoms with Gasteiger partial charge in [0.25, 0.3) is 0 Å². The van der Waals surface area contributed by atoms with E-state index in [1.165, 1.54) is 10.4 Å². The first-order valence-corrected chi connectivity index (χ1v) is 9.32. The van der Waals surface area contributed by atoms with E-state index in [1.807, 2.05) is 25.7 Å². The minimum absolute atomic E-state index is 0.0745. The molecule has 0 saturated carbocycles. The van der Waals surface area contributed by atoms with Crippen molar-refractivity contribution in [2.45, 2.75) is 64.2 Å². The lowest BCUT2D eigenvalue weighted by Gasteiger charge is -2.46. The molecule has 1 unspecified atom stereocenters. The van der Waals surface area contributed by atoms with Crippen molar-refractivity contribution < 1.29 is 14.3 Å². The van der Waals surface area contributed by atoms with E-state index < -0.39 is 5.60 Å². The Balaban J connectivity index is 1.78. The van der Waals surface area contributed by atoms with E-state index in [0.29, 0.717) is 6.54 Å². The van der Waals surface area contributed by atoms with E-state index in [9.17, 15) is 4.79 Å². The van der Waals surface area contributed by atoms with Crippen molar-refractivity contribution in [2.24, 2.45) is 0 Å². The van der Waals surface area contributed by atoms with Gasteiger partial charge in [-0.05, 0) is 52.2 Å². The number of likely N-dealkylation sites (tertiary alicyclic amines) is 1. The van der Waals surface area contributed by atoms with Crippen LogP contribution in [0.1, 0.15) is 51.0 Å².